The fourth-order valence-electron chi connectivity index (χ4n) is 4.31. The van der Waals surface area contributed by atoms with E-state index in [1.165, 1.54) is 41.7 Å². The van der Waals surface area contributed by atoms with Gasteiger partial charge in [0, 0.05) is 29.4 Å². The number of aryl methyl sites for hydroxylation is 2. The van der Waals surface area contributed by atoms with Crippen molar-refractivity contribution >= 4 is 11.5 Å². The number of aromatic nitrogens is 3. The zero-order chi connectivity index (χ0) is 20.5. The van der Waals surface area contributed by atoms with Crippen LogP contribution in [0.4, 0.5) is 10.2 Å². The maximum Gasteiger partial charge on any atom is 0.158 e. The van der Waals surface area contributed by atoms with Gasteiger partial charge in [-0.3, -0.25) is 0 Å². The van der Waals surface area contributed by atoms with Gasteiger partial charge in [0.05, 0.1) is 5.69 Å². The molecular formula is C25H25FN4. The lowest BCUT2D eigenvalue weighted by atomic mass is 9.96. The molecule has 2 aromatic carbocycles. The van der Waals surface area contributed by atoms with Crippen molar-refractivity contribution in [3.63, 3.8) is 0 Å². The van der Waals surface area contributed by atoms with Crippen LogP contribution in [0.5, 0.6) is 0 Å². The van der Waals surface area contributed by atoms with Crippen molar-refractivity contribution in [2.45, 2.75) is 39.0 Å². The van der Waals surface area contributed by atoms with E-state index in [1.807, 2.05) is 16.6 Å². The molecule has 0 fully saturated rings. The minimum atomic E-state index is -0.256. The molecule has 0 saturated carbocycles. The summed E-state index contributed by atoms with van der Waals surface area (Å²) in [5.41, 5.74) is 7.36. The fourth-order valence-corrected chi connectivity index (χ4v) is 4.31. The van der Waals surface area contributed by atoms with E-state index in [4.69, 9.17) is 10.1 Å². The Hall–Kier alpha value is -3.21. The third-order valence-electron chi connectivity index (χ3n) is 5.79. The number of halogens is 1. The highest BCUT2D eigenvalue weighted by molar-refractivity contribution is 5.67. The molecule has 1 N–H and O–H groups in total. The third-order valence-corrected chi connectivity index (χ3v) is 5.79. The number of nitrogens with zero attached hydrogens (tertiary/aromatic N) is 3. The summed E-state index contributed by atoms with van der Waals surface area (Å²) in [7, 11) is 0. The molecule has 2 aromatic heterocycles. The Morgan fingerprint density at radius 2 is 1.90 bits per heavy atom. The minimum Gasteiger partial charge on any atom is -0.369 e. The summed E-state index contributed by atoms with van der Waals surface area (Å²) in [4.78, 5) is 4.89. The van der Waals surface area contributed by atoms with Gasteiger partial charge in [-0.25, -0.2) is 9.37 Å². The Labute approximate surface area is 175 Å². The van der Waals surface area contributed by atoms with Crippen LogP contribution in [0.2, 0.25) is 0 Å². The number of benzene rings is 2. The fraction of sp³-hybridized carbons (Fsp3) is 0.280. The SMILES string of the molecule is Cc1cccc(CCNc2c3c(nc4cc(-c5cccc(F)c5)nn24)CCCC3)c1. The average molecular weight is 401 g/mol. The lowest BCUT2D eigenvalue weighted by Crippen LogP contribution is -2.17. The first kappa shape index (κ1) is 18.8. The van der Waals surface area contributed by atoms with Crippen molar-refractivity contribution in [1.82, 2.24) is 14.6 Å². The highest BCUT2D eigenvalue weighted by Crippen LogP contribution is 2.30. The van der Waals surface area contributed by atoms with Gasteiger partial charge in [0.2, 0.25) is 0 Å². The predicted octanol–water partition coefficient (Wildman–Crippen LogP) is 5.38. The molecule has 0 aliphatic heterocycles. The summed E-state index contributed by atoms with van der Waals surface area (Å²) in [6.45, 7) is 2.95. The predicted molar refractivity (Wildman–Crippen MR) is 118 cm³/mol. The van der Waals surface area contributed by atoms with Crippen LogP contribution in [-0.4, -0.2) is 21.1 Å². The summed E-state index contributed by atoms with van der Waals surface area (Å²) in [5, 5.41) is 8.44. The van der Waals surface area contributed by atoms with Gasteiger partial charge in [-0.2, -0.15) is 9.61 Å². The molecule has 0 saturated heterocycles. The first-order valence-electron chi connectivity index (χ1n) is 10.6. The van der Waals surface area contributed by atoms with Gasteiger partial charge in [-0.1, -0.05) is 42.0 Å². The summed E-state index contributed by atoms with van der Waals surface area (Å²) < 4.78 is 15.6. The Bertz CT molecular complexity index is 1210. The second kappa shape index (κ2) is 7.90. The van der Waals surface area contributed by atoms with Gasteiger partial charge in [0.25, 0.3) is 0 Å². The van der Waals surface area contributed by atoms with Crippen LogP contribution in [0, 0.1) is 12.7 Å². The van der Waals surface area contributed by atoms with Crippen LogP contribution in [0.3, 0.4) is 0 Å². The molecular weight excluding hydrogens is 375 g/mol. The largest absolute Gasteiger partial charge is 0.369 e. The molecule has 0 unspecified atom stereocenters. The van der Waals surface area contributed by atoms with Crippen LogP contribution >= 0.6 is 0 Å². The van der Waals surface area contributed by atoms with Gasteiger partial charge in [-0.15, -0.1) is 0 Å². The average Bonchev–Trinajstić information content (AvgIpc) is 3.17. The van der Waals surface area contributed by atoms with Crippen LogP contribution in [-0.2, 0) is 19.3 Å². The molecule has 0 amide bonds. The van der Waals surface area contributed by atoms with E-state index in [0.29, 0.717) is 0 Å². The van der Waals surface area contributed by atoms with Crippen LogP contribution in [0.25, 0.3) is 16.9 Å². The lowest BCUT2D eigenvalue weighted by Gasteiger charge is -2.20. The zero-order valence-corrected chi connectivity index (χ0v) is 17.2. The second-order valence-corrected chi connectivity index (χ2v) is 8.07. The summed E-state index contributed by atoms with van der Waals surface area (Å²) in [6.07, 6.45) is 5.30. The van der Waals surface area contributed by atoms with Gasteiger partial charge >= 0.3 is 0 Å². The quantitative estimate of drug-likeness (QED) is 0.489. The topological polar surface area (TPSA) is 42.2 Å². The normalized spacial score (nSPS) is 13.4. The van der Waals surface area contributed by atoms with Gasteiger partial charge in [0.1, 0.15) is 11.6 Å². The molecule has 5 rings (SSSR count). The van der Waals surface area contributed by atoms with E-state index in [2.05, 4.69) is 36.5 Å². The third kappa shape index (κ3) is 3.67. The smallest absolute Gasteiger partial charge is 0.158 e. The Morgan fingerprint density at radius 1 is 1.03 bits per heavy atom. The molecule has 4 aromatic rings. The molecule has 1 aliphatic carbocycles. The Kier molecular flexibility index (Phi) is 4.95. The van der Waals surface area contributed by atoms with E-state index >= 15 is 0 Å². The molecule has 0 spiro atoms. The van der Waals surface area contributed by atoms with E-state index in [9.17, 15) is 4.39 Å². The van der Waals surface area contributed by atoms with Crippen LogP contribution in [0.1, 0.15) is 35.2 Å². The zero-order valence-electron chi connectivity index (χ0n) is 17.2. The van der Waals surface area contributed by atoms with Crippen molar-refractivity contribution in [3.05, 3.63) is 82.8 Å². The molecule has 4 nitrogen and oxygen atoms in total. The van der Waals surface area contributed by atoms with Gasteiger partial charge in [-0.05, 0) is 56.7 Å². The van der Waals surface area contributed by atoms with Crippen molar-refractivity contribution in [3.8, 4) is 11.3 Å². The van der Waals surface area contributed by atoms with E-state index in [-0.39, 0.29) is 5.82 Å². The summed E-state index contributed by atoms with van der Waals surface area (Å²) >= 11 is 0. The van der Waals surface area contributed by atoms with E-state index in [0.717, 1.165) is 54.2 Å². The number of nitrogens with one attached hydrogen (secondary N) is 1. The number of hydrogen-bond acceptors (Lipinski definition) is 3. The van der Waals surface area contributed by atoms with E-state index in [1.54, 1.807) is 6.07 Å². The number of anilines is 1. The Morgan fingerprint density at radius 3 is 2.77 bits per heavy atom. The molecule has 1 aliphatic rings. The molecule has 30 heavy (non-hydrogen) atoms. The molecule has 2 heterocycles. The molecule has 0 atom stereocenters. The molecule has 0 radical (unpaired) electrons. The first-order valence-corrected chi connectivity index (χ1v) is 10.6. The maximum atomic E-state index is 13.7. The monoisotopic (exact) mass is 400 g/mol. The Balaban J connectivity index is 1.51. The first-order chi connectivity index (χ1) is 14.7. The lowest BCUT2D eigenvalue weighted by molar-refractivity contribution is 0.628. The van der Waals surface area contributed by atoms with Gasteiger partial charge < -0.3 is 5.32 Å². The highest BCUT2D eigenvalue weighted by Gasteiger charge is 2.20. The summed E-state index contributed by atoms with van der Waals surface area (Å²) in [5.74, 6) is 0.776. The standard InChI is InChI=1S/C25H25FN4/c1-17-6-4-7-18(14-17)12-13-27-25-21-10-2-3-11-22(21)28-24-16-23(29-30(24)25)19-8-5-9-20(26)15-19/h4-9,14-16,27H,2-3,10-13H2,1H3. The van der Waals surface area contributed by atoms with Crippen LogP contribution in [0.15, 0.2) is 54.6 Å². The molecule has 152 valence electrons. The number of fused-ring (bicyclic) bond motifs is 2. The number of rotatable bonds is 5. The summed E-state index contributed by atoms with van der Waals surface area (Å²) in [6, 6.07) is 17.2. The molecule has 0 bridgehead atoms. The maximum absolute atomic E-state index is 13.7. The van der Waals surface area contributed by atoms with Crippen molar-refractivity contribution in [2.24, 2.45) is 0 Å². The molecule has 5 heteroatoms. The highest BCUT2D eigenvalue weighted by atomic mass is 19.1. The van der Waals surface area contributed by atoms with Gasteiger partial charge in [0.15, 0.2) is 5.65 Å². The second-order valence-electron chi connectivity index (χ2n) is 8.07. The van der Waals surface area contributed by atoms with Crippen molar-refractivity contribution in [2.75, 3.05) is 11.9 Å². The van der Waals surface area contributed by atoms with E-state index < -0.39 is 0 Å². The van der Waals surface area contributed by atoms with Crippen LogP contribution < -0.4 is 5.32 Å². The minimum absolute atomic E-state index is 0.256. The number of hydrogen-bond donors (Lipinski definition) is 1. The van der Waals surface area contributed by atoms with Crippen molar-refractivity contribution < 1.29 is 4.39 Å². The van der Waals surface area contributed by atoms with Crippen molar-refractivity contribution in [1.29, 1.82) is 0 Å².